The van der Waals surface area contributed by atoms with Crippen molar-refractivity contribution in [1.82, 2.24) is 15.0 Å². The van der Waals surface area contributed by atoms with E-state index in [-0.39, 0.29) is 17.1 Å². The van der Waals surface area contributed by atoms with Gasteiger partial charge < -0.3 is 5.32 Å². The monoisotopic (exact) mass is 430 g/mol. The van der Waals surface area contributed by atoms with Crippen LogP contribution in [0.5, 0.6) is 0 Å². The van der Waals surface area contributed by atoms with E-state index in [1.807, 2.05) is 67.6 Å². The van der Waals surface area contributed by atoms with Crippen molar-refractivity contribution in [3.05, 3.63) is 113 Å². The highest BCUT2D eigenvalue weighted by molar-refractivity contribution is 6.33. The molecule has 0 bridgehead atoms. The van der Waals surface area contributed by atoms with Gasteiger partial charge in [-0.15, -0.1) is 5.10 Å². The van der Waals surface area contributed by atoms with Crippen LogP contribution < -0.4 is 5.32 Å². The van der Waals surface area contributed by atoms with E-state index in [4.69, 9.17) is 0 Å². The number of nitrogens with one attached hydrogen (secondary N) is 1. The van der Waals surface area contributed by atoms with Crippen LogP contribution in [0.15, 0.2) is 84.9 Å². The van der Waals surface area contributed by atoms with Gasteiger partial charge in [-0.25, -0.2) is 4.68 Å². The Balaban J connectivity index is 1.66. The molecule has 0 saturated carbocycles. The van der Waals surface area contributed by atoms with E-state index < -0.39 is 0 Å². The lowest BCUT2D eigenvalue weighted by Crippen LogP contribution is -2.22. The molecular weight excluding hydrogens is 412 g/mol. The van der Waals surface area contributed by atoms with Crippen molar-refractivity contribution < 1.29 is 9.59 Å². The molecule has 33 heavy (non-hydrogen) atoms. The summed E-state index contributed by atoms with van der Waals surface area (Å²) in [4.78, 5) is 27.2. The molecule has 0 unspecified atom stereocenters. The molecule has 0 atom stereocenters. The summed E-state index contributed by atoms with van der Waals surface area (Å²) in [5.74, 6) is -0.427. The van der Waals surface area contributed by atoms with Gasteiger partial charge >= 0.3 is 0 Å². The van der Waals surface area contributed by atoms with Crippen molar-refractivity contribution in [1.29, 1.82) is 0 Å². The number of benzene rings is 4. The Labute approximate surface area is 189 Å². The van der Waals surface area contributed by atoms with Crippen molar-refractivity contribution in [2.45, 2.75) is 6.92 Å². The highest BCUT2D eigenvalue weighted by Crippen LogP contribution is 2.38. The lowest BCUT2D eigenvalue weighted by molar-refractivity contribution is 0.0981. The average Bonchev–Trinajstić information content (AvgIpc) is 3.26. The summed E-state index contributed by atoms with van der Waals surface area (Å²) in [6.45, 7) is 2.01. The Morgan fingerprint density at radius 3 is 2.18 bits per heavy atom. The quantitative estimate of drug-likeness (QED) is 0.415. The van der Waals surface area contributed by atoms with Gasteiger partial charge in [-0.2, -0.15) is 0 Å². The Bertz CT molecular complexity index is 1590. The molecule has 5 aromatic rings. The van der Waals surface area contributed by atoms with Crippen LogP contribution in [0.1, 0.15) is 37.4 Å². The van der Waals surface area contributed by atoms with E-state index in [2.05, 4.69) is 15.6 Å². The molecule has 0 spiro atoms. The zero-order valence-corrected chi connectivity index (χ0v) is 17.7. The summed E-state index contributed by atoms with van der Waals surface area (Å²) in [5.41, 5.74) is 5.74. The van der Waals surface area contributed by atoms with Crippen molar-refractivity contribution in [2.75, 3.05) is 5.32 Å². The van der Waals surface area contributed by atoms with Gasteiger partial charge in [0.2, 0.25) is 0 Å². The number of carbonyl (C=O) groups is 2. The number of rotatable bonds is 3. The molecular formula is C27H18N4O2. The number of ketones is 2. The van der Waals surface area contributed by atoms with Gasteiger partial charge in [0, 0.05) is 16.8 Å². The van der Waals surface area contributed by atoms with Crippen LogP contribution in [0, 0.1) is 6.92 Å². The summed E-state index contributed by atoms with van der Waals surface area (Å²) in [5, 5.41) is 12.1. The number of hydrogen-bond acceptors (Lipinski definition) is 5. The van der Waals surface area contributed by atoms with Gasteiger partial charge in [0.15, 0.2) is 11.6 Å². The normalized spacial score (nSPS) is 12.5. The average molecular weight is 430 g/mol. The van der Waals surface area contributed by atoms with Crippen LogP contribution in [-0.2, 0) is 0 Å². The standard InChI is InChI=1S/C27H18N4O2/c1-16-8-7-11-18(14-16)31-22-15-21(28-17-9-3-2-4-10-17)23-24(25(22)29-30-31)27(33)20-13-6-5-12-19(20)26(23)32/h2-15,28H,1H3. The van der Waals surface area contributed by atoms with Gasteiger partial charge in [-0.1, -0.05) is 59.8 Å². The summed E-state index contributed by atoms with van der Waals surface area (Å²) in [6, 6.07) is 26.2. The summed E-state index contributed by atoms with van der Waals surface area (Å²) < 4.78 is 1.71. The second-order valence-corrected chi connectivity index (χ2v) is 8.08. The molecule has 0 aliphatic heterocycles. The van der Waals surface area contributed by atoms with Gasteiger partial charge in [0.25, 0.3) is 0 Å². The van der Waals surface area contributed by atoms with Crippen LogP contribution in [-0.4, -0.2) is 26.6 Å². The minimum absolute atomic E-state index is 0.203. The van der Waals surface area contributed by atoms with Gasteiger partial charge in [-0.05, 0) is 42.8 Å². The Morgan fingerprint density at radius 2 is 1.45 bits per heavy atom. The van der Waals surface area contributed by atoms with Crippen LogP contribution in [0.3, 0.4) is 0 Å². The number of aromatic nitrogens is 3. The Hall–Kier alpha value is -4.58. The number of aryl methyl sites for hydroxylation is 1. The molecule has 1 heterocycles. The third kappa shape index (κ3) is 2.96. The maximum absolute atomic E-state index is 13.6. The molecule has 0 radical (unpaired) electrons. The molecule has 0 fully saturated rings. The van der Waals surface area contributed by atoms with Crippen LogP contribution >= 0.6 is 0 Å². The number of para-hydroxylation sites is 1. The lowest BCUT2D eigenvalue weighted by Gasteiger charge is -2.21. The molecule has 4 aromatic carbocycles. The zero-order chi connectivity index (χ0) is 22.5. The first-order valence-corrected chi connectivity index (χ1v) is 10.6. The number of nitrogens with zero attached hydrogens (tertiary/aromatic N) is 3. The molecule has 1 aliphatic rings. The zero-order valence-electron chi connectivity index (χ0n) is 17.7. The molecule has 1 aliphatic carbocycles. The topological polar surface area (TPSA) is 76.9 Å². The van der Waals surface area contributed by atoms with Gasteiger partial charge in [0.05, 0.1) is 28.0 Å². The van der Waals surface area contributed by atoms with E-state index in [0.717, 1.165) is 16.9 Å². The highest BCUT2D eigenvalue weighted by atomic mass is 16.1. The number of fused-ring (bicyclic) bond motifs is 4. The number of anilines is 2. The minimum Gasteiger partial charge on any atom is -0.355 e. The fourth-order valence-electron chi connectivity index (χ4n) is 4.39. The van der Waals surface area contributed by atoms with Crippen molar-refractivity contribution >= 4 is 34.0 Å². The summed E-state index contributed by atoms with van der Waals surface area (Å²) >= 11 is 0. The predicted molar refractivity (Wildman–Crippen MR) is 127 cm³/mol. The Morgan fingerprint density at radius 1 is 0.758 bits per heavy atom. The second kappa shape index (κ2) is 7.24. The summed E-state index contributed by atoms with van der Waals surface area (Å²) in [7, 11) is 0. The van der Waals surface area contributed by atoms with E-state index in [1.54, 1.807) is 28.9 Å². The fourth-order valence-corrected chi connectivity index (χ4v) is 4.39. The van der Waals surface area contributed by atoms with E-state index in [9.17, 15) is 9.59 Å². The van der Waals surface area contributed by atoms with Gasteiger partial charge in [-0.3, -0.25) is 9.59 Å². The van der Waals surface area contributed by atoms with Gasteiger partial charge in [0.1, 0.15) is 5.52 Å². The molecule has 0 saturated heterocycles. The molecule has 1 N–H and O–H groups in total. The smallest absolute Gasteiger partial charge is 0.196 e. The predicted octanol–water partition coefficient (Wildman–Crippen LogP) is 5.25. The molecule has 158 valence electrons. The first-order chi connectivity index (χ1) is 16.1. The first-order valence-electron chi connectivity index (χ1n) is 10.6. The molecule has 0 amide bonds. The third-order valence-electron chi connectivity index (χ3n) is 5.91. The highest BCUT2D eigenvalue weighted by Gasteiger charge is 2.35. The molecule has 6 rings (SSSR count). The second-order valence-electron chi connectivity index (χ2n) is 8.08. The summed E-state index contributed by atoms with van der Waals surface area (Å²) in [6.07, 6.45) is 0. The van der Waals surface area contributed by atoms with E-state index >= 15 is 0 Å². The fraction of sp³-hybridized carbons (Fsp3) is 0.0370. The first kappa shape index (κ1) is 19.1. The van der Waals surface area contributed by atoms with Crippen molar-refractivity contribution in [3.8, 4) is 5.69 Å². The minimum atomic E-state index is -0.224. The lowest BCUT2D eigenvalue weighted by atomic mass is 9.82. The van der Waals surface area contributed by atoms with E-state index in [1.165, 1.54) is 0 Å². The largest absolute Gasteiger partial charge is 0.355 e. The Kier molecular flexibility index (Phi) is 4.20. The molecule has 1 aromatic heterocycles. The van der Waals surface area contributed by atoms with Crippen molar-refractivity contribution in [2.24, 2.45) is 0 Å². The molecule has 6 nitrogen and oxygen atoms in total. The van der Waals surface area contributed by atoms with Crippen LogP contribution in [0.4, 0.5) is 11.4 Å². The third-order valence-corrected chi connectivity index (χ3v) is 5.91. The number of hydrogen-bond donors (Lipinski definition) is 1. The molecule has 6 heteroatoms. The van der Waals surface area contributed by atoms with E-state index in [0.29, 0.717) is 33.4 Å². The number of carbonyl (C=O) groups excluding carboxylic acids is 2. The van der Waals surface area contributed by atoms with Crippen LogP contribution in [0.2, 0.25) is 0 Å². The van der Waals surface area contributed by atoms with Crippen molar-refractivity contribution in [3.63, 3.8) is 0 Å². The maximum Gasteiger partial charge on any atom is 0.196 e. The van der Waals surface area contributed by atoms with Crippen LogP contribution in [0.25, 0.3) is 16.7 Å². The SMILES string of the molecule is Cc1cccc(-n2nnc3c4c(c(Nc5ccccc5)cc32)C(=O)c2ccccc2C4=O)c1. The maximum atomic E-state index is 13.6.